The number of carbonyl (C=O) groups is 1. The standard InChI is InChI=1S/C14H15N3O/c15-11-5-7-12(8-6-11)17-14(18)13-4-2-1-3-10(13)9-16-17/h1-2,5-10,13H,3-4,15H2. The van der Waals surface area contributed by atoms with Gasteiger partial charge in [0.25, 0.3) is 5.91 Å². The minimum Gasteiger partial charge on any atom is -0.399 e. The highest BCUT2D eigenvalue weighted by Gasteiger charge is 2.35. The van der Waals surface area contributed by atoms with Crippen LogP contribution in [0.2, 0.25) is 0 Å². The lowest BCUT2D eigenvalue weighted by Crippen LogP contribution is -2.41. The fourth-order valence-electron chi connectivity index (χ4n) is 2.46. The van der Waals surface area contributed by atoms with E-state index in [1.165, 1.54) is 5.01 Å². The predicted octanol–water partition coefficient (Wildman–Crippen LogP) is 2.18. The Morgan fingerprint density at radius 1 is 1.17 bits per heavy atom. The van der Waals surface area contributed by atoms with E-state index < -0.39 is 0 Å². The van der Waals surface area contributed by atoms with Crippen LogP contribution in [0.25, 0.3) is 0 Å². The molecular weight excluding hydrogens is 226 g/mol. The number of hydrazone groups is 1. The van der Waals surface area contributed by atoms with Gasteiger partial charge < -0.3 is 5.73 Å². The van der Waals surface area contributed by atoms with Gasteiger partial charge in [0.15, 0.2) is 0 Å². The summed E-state index contributed by atoms with van der Waals surface area (Å²) in [6.07, 6.45) is 7.82. The average Bonchev–Trinajstić information content (AvgIpc) is 2.41. The maximum absolute atomic E-state index is 12.4. The van der Waals surface area contributed by atoms with E-state index in [1.54, 1.807) is 12.1 Å². The van der Waals surface area contributed by atoms with Crippen molar-refractivity contribution in [3.8, 4) is 0 Å². The smallest absolute Gasteiger partial charge is 0.251 e. The van der Waals surface area contributed by atoms with Crippen LogP contribution in [0.4, 0.5) is 11.4 Å². The lowest BCUT2D eigenvalue weighted by Gasteiger charge is -2.32. The lowest BCUT2D eigenvalue weighted by atomic mass is 9.82. The zero-order chi connectivity index (χ0) is 12.5. The molecule has 1 amide bonds. The van der Waals surface area contributed by atoms with Crippen LogP contribution in [0.5, 0.6) is 0 Å². The molecule has 2 atom stereocenters. The van der Waals surface area contributed by atoms with E-state index in [-0.39, 0.29) is 17.7 Å². The maximum Gasteiger partial charge on any atom is 0.251 e. The molecule has 92 valence electrons. The number of amides is 1. The van der Waals surface area contributed by atoms with Crippen LogP contribution in [0.1, 0.15) is 12.8 Å². The van der Waals surface area contributed by atoms with E-state index in [9.17, 15) is 4.79 Å². The Morgan fingerprint density at radius 2 is 1.89 bits per heavy atom. The number of rotatable bonds is 1. The van der Waals surface area contributed by atoms with Crippen LogP contribution < -0.4 is 10.7 Å². The molecule has 0 fully saturated rings. The van der Waals surface area contributed by atoms with Gasteiger partial charge in [0.1, 0.15) is 0 Å². The summed E-state index contributed by atoms with van der Waals surface area (Å²) in [6.45, 7) is 0. The van der Waals surface area contributed by atoms with E-state index in [4.69, 9.17) is 5.73 Å². The second-order valence-corrected chi connectivity index (χ2v) is 4.72. The molecule has 0 radical (unpaired) electrons. The highest BCUT2D eigenvalue weighted by molar-refractivity contribution is 5.99. The van der Waals surface area contributed by atoms with Crippen molar-refractivity contribution in [1.29, 1.82) is 0 Å². The number of hydrogen-bond donors (Lipinski definition) is 1. The molecule has 4 heteroatoms. The molecule has 1 aliphatic heterocycles. The number of benzene rings is 1. The quantitative estimate of drug-likeness (QED) is 0.605. The maximum atomic E-state index is 12.4. The molecule has 0 bridgehead atoms. The molecule has 18 heavy (non-hydrogen) atoms. The Labute approximate surface area is 106 Å². The minimum atomic E-state index is 0.0325. The molecule has 4 nitrogen and oxygen atoms in total. The van der Waals surface area contributed by atoms with Gasteiger partial charge in [-0.2, -0.15) is 5.10 Å². The molecule has 3 rings (SSSR count). The van der Waals surface area contributed by atoms with Gasteiger partial charge in [-0.25, -0.2) is 5.01 Å². The van der Waals surface area contributed by atoms with Gasteiger partial charge in [-0.05, 0) is 37.1 Å². The van der Waals surface area contributed by atoms with Crippen molar-refractivity contribution in [3.05, 3.63) is 36.4 Å². The summed E-state index contributed by atoms with van der Waals surface area (Å²) in [7, 11) is 0. The van der Waals surface area contributed by atoms with Gasteiger partial charge >= 0.3 is 0 Å². The van der Waals surface area contributed by atoms with Gasteiger partial charge in [-0.3, -0.25) is 4.79 Å². The average molecular weight is 241 g/mol. The zero-order valence-electron chi connectivity index (χ0n) is 9.99. The van der Waals surface area contributed by atoms with Gasteiger partial charge in [0.05, 0.1) is 11.6 Å². The Morgan fingerprint density at radius 3 is 2.67 bits per heavy atom. The van der Waals surface area contributed by atoms with Crippen molar-refractivity contribution in [2.45, 2.75) is 12.8 Å². The summed E-state index contributed by atoms with van der Waals surface area (Å²) >= 11 is 0. The molecule has 1 aromatic rings. The first kappa shape index (κ1) is 11.0. The number of fused-ring (bicyclic) bond motifs is 1. The van der Waals surface area contributed by atoms with Crippen molar-refractivity contribution in [2.75, 3.05) is 10.7 Å². The number of allylic oxidation sites excluding steroid dienone is 2. The summed E-state index contributed by atoms with van der Waals surface area (Å²) in [6, 6.07) is 7.21. The monoisotopic (exact) mass is 241 g/mol. The van der Waals surface area contributed by atoms with Gasteiger partial charge in [0.2, 0.25) is 0 Å². The normalized spacial score (nSPS) is 26.2. The molecule has 1 heterocycles. The van der Waals surface area contributed by atoms with Gasteiger partial charge in [-0.1, -0.05) is 12.2 Å². The fourth-order valence-corrected chi connectivity index (χ4v) is 2.46. The van der Waals surface area contributed by atoms with Gasteiger partial charge in [-0.15, -0.1) is 0 Å². The molecule has 0 aromatic heterocycles. The number of anilines is 2. The molecule has 0 saturated carbocycles. The second kappa shape index (κ2) is 4.29. The fraction of sp³-hybridized carbons (Fsp3) is 0.286. The molecule has 1 aliphatic carbocycles. The molecule has 2 N–H and O–H groups in total. The van der Waals surface area contributed by atoms with Crippen LogP contribution in [0.15, 0.2) is 41.5 Å². The molecule has 1 aromatic carbocycles. The van der Waals surface area contributed by atoms with Crippen LogP contribution >= 0.6 is 0 Å². The molecule has 0 spiro atoms. The minimum absolute atomic E-state index is 0.0325. The Balaban J connectivity index is 1.90. The third kappa shape index (κ3) is 1.79. The largest absolute Gasteiger partial charge is 0.399 e. The first-order valence-electron chi connectivity index (χ1n) is 6.14. The molecular formula is C14H15N3O. The molecule has 2 unspecified atom stereocenters. The van der Waals surface area contributed by atoms with Crippen LogP contribution in [-0.2, 0) is 4.79 Å². The summed E-state index contributed by atoms with van der Waals surface area (Å²) in [5.41, 5.74) is 7.11. The van der Waals surface area contributed by atoms with Gasteiger partial charge in [0, 0.05) is 17.8 Å². The Kier molecular flexibility index (Phi) is 2.63. The predicted molar refractivity (Wildman–Crippen MR) is 72.2 cm³/mol. The van der Waals surface area contributed by atoms with E-state index in [2.05, 4.69) is 17.3 Å². The van der Waals surface area contributed by atoms with Crippen molar-refractivity contribution < 1.29 is 4.79 Å². The Bertz CT molecular complexity index is 518. The van der Waals surface area contributed by atoms with Crippen LogP contribution in [-0.4, -0.2) is 12.1 Å². The molecule has 2 aliphatic rings. The van der Waals surface area contributed by atoms with Crippen molar-refractivity contribution in [1.82, 2.24) is 0 Å². The summed E-state index contributed by atoms with van der Waals surface area (Å²) in [4.78, 5) is 12.4. The number of nitrogens with zero attached hydrogens (tertiary/aromatic N) is 2. The van der Waals surface area contributed by atoms with Crippen molar-refractivity contribution in [2.24, 2.45) is 16.9 Å². The summed E-state index contributed by atoms with van der Waals surface area (Å²) < 4.78 is 0. The number of nitrogen functional groups attached to an aromatic ring is 1. The highest BCUT2D eigenvalue weighted by atomic mass is 16.2. The van der Waals surface area contributed by atoms with Crippen LogP contribution in [0, 0.1) is 11.8 Å². The highest BCUT2D eigenvalue weighted by Crippen LogP contribution is 2.31. The zero-order valence-corrected chi connectivity index (χ0v) is 9.99. The number of carbonyl (C=O) groups excluding carboxylic acids is 1. The summed E-state index contributed by atoms with van der Waals surface area (Å²) in [5.74, 6) is 0.370. The van der Waals surface area contributed by atoms with E-state index >= 15 is 0 Å². The summed E-state index contributed by atoms with van der Waals surface area (Å²) in [5, 5.41) is 5.76. The van der Waals surface area contributed by atoms with Crippen LogP contribution in [0.3, 0.4) is 0 Å². The topological polar surface area (TPSA) is 58.7 Å². The first-order chi connectivity index (χ1) is 8.75. The number of nitrogens with two attached hydrogens (primary N) is 1. The third-order valence-electron chi connectivity index (χ3n) is 3.52. The second-order valence-electron chi connectivity index (χ2n) is 4.72. The number of hydrogen-bond acceptors (Lipinski definition) is 3. The van der Waals surface area contributed by atoms with Crippen molar-refractivity contribution >= 4 is 23.5 Å². The Hall–Kier alpha value is -2.10. The first-order valence-corrected chi connectivity index (χ1v) is 6.14. The van der Waals surface area contributed by atoms with E-state index in [0.717, 1.165) is 18.5 Å². The SMILES string of the molecule is Nc1ccc(N2N=CC3CC=CCC3C2=O)cc1. The third-order valence-corrected chi connectivity index (χ3v) is 3.52. The lowest BCUT2D eigenvalue weighted by molar-refractivity contribution is -0.123. The van der Waals surface area contributed by atoms with E-state index in [0.29, 0.717) is 5.69 Å². The molecule has 0 saturated heterocycles. The van der Waals surface area contributed by atoms with Crippen molar-refractivity contribution in [3.63, 3.8) is 0 Å². The van der Waals surface area contributed by atoms with E-state index in [1.807, 2.05) is 18.3 Å².